The van der Waals surface area contributed by atoms with Crippen LogP contribution in [0, 0.1) is 0 Å². The minimum atomic E-state index is -0.840. The summed E-state index contributed by atoms with van der Waals surface area (Å²) in [6, 6.07) is 7.23. The van der Waals surface area contributed by atoms with Gasteiger partial charge in [-0.05, 0) is 59.3 Å². The van der Waals surface area contributed by atoms with Crippen LogP contribution in [0.25, 0.3) is 0 Å². The Morgan fingerprint density at radius 1 is 1.36 bits per heavy atom. The number of carboxylic acids is 1. The Morgan fingerprint density at radius 3 is 2.84 bits per heavy atom. The first-order valence-corrected chi connectivity index (χ1v) is 9.10. The van der Waals surface area contributed by atoms with Gasteiger partial charge in [0.1, 0.15) is 0 Å². The van der Waals surface area contributed by atoms with Gasteiger partial charge in [-0.25, -0.2) is 9.97 Å². The summed E-state index contributed by atoms with van der Waals surface area (Å²) in [5.74, 6) is -0.315. The Kier molecular flexibility index (Phi) is 5.99. The van der Waals surface area contributed by atoms with Crippen LogP contribution in [-0.2, 0) is 22.4 Å². The number of rotatable bonds is 7. The number of hydrogen-bond donors (Lipinski definition) is 2. The number of carboxylic acid groups (broad SMARTS) is 1. The molecule has 0 spiro atoms. The summed E-state index contributed by atoms with van der Waals surface area (Å²) in [6.07, 6.45) is 6.15. The molecule has 7 heteroatoms. The fraction of sp³-hybridized carbons (Fsp3) is 0.389. The SMILES string of the molecule is O=C(O)Cc1ccc(Nc2ncc(Br)c(CCC3CCCO3)n2)cc1. The smallest absolute Gasteiger partial charge is 0.307 e. The second-order valence-electron chi connectivity index (χ2n) is 6.05. The molecule has 0 amide bonds. The third kappa shape index (κ3) is 5.24. The number of anilines is 2. The lowest BCUT2D eigenvalue weighted by atomic mass is 10.1. The number of halogens is 1. The zero-order valence-corrected chi connectivity index (χ0v) is 15.3. The summed E-state index contributed by atoms with van der Waals surface area (Å²) in [6.45, 7) is 0.861. The molecule has 0 aliphatic carbocycles. The lowest BCUT2D eigenvalue weighted by Gasteiger charge is -2.11. The highest BCUT2D eigenvalue weighted by Gasteiger charge is 2.16. The summed E-state index contributed by atoms with van der Waals surface area (Å²) in [5.41, 5.74) is 2.53. The molecule has 2 N–H and O–H groups in total. The molecule has 2 aromatic rings. The van der Waals surface area contributed by atoms with E-state index in [1.807, 2.05) is 12.1 Å². The summed E-state index contributed by atoms with van der Waals surface area (Å²) in [7, 11) is 0. The molecule has 1 fully saturated rings. The van der Waals surface area contributed by atoms with Crippen LogP contribution in [0.4, 0.5) is 11.6 Å². The van der Waals surface area contributed by atoms with Gasteiger partial charge < -0.3 is 15.2 Å². The average Bonchev–Trinajstić information content (AvgIpc) is 3.10. The minimum absolute atomic E-state index is 0.0163. The summed E-state index contributed by atoms with van der Waals surface area (Å²) >= 11 is 3.51. The van der Waals surface area contributed by atoms with Crippen molar-refractivity contribution in [3.8, 4) is 0 Å². The molecule has 0 radical (unpaired) electrons. The molecular formula is C18H20BrN3O3. The minimum Gasteiger partial charge on any atom is -0.481 e. The van der Waals surface area contributed by atoms with Crippen molar-refractivity contribution in [2.45, 2.75) is 38.2 Å². The van der Waals surface area contributed by atoms with Crippen LogP contribution < -0.4 is 5.32 Å². The van der Waals surface area contributed by atoms with E-state index in [1.165, 1.54) is 0 Å². The first kappa shape index (κ1) is 17.8. The molecule has 6 nitrogen and oxygen atoms in total. The van der Waals surface area contributed by atoms with Crippen LogP contribution in [0.3, 0.4) is 0 Å². The number of nitrogens with one attached hydrogen (secondary N) is 1. The number of aryl methyl sites for hydroxylation is 1. The molecule has 1 unspecified atom stereocenters. The zero-order chi connectivity index (χ0) is 17.6. The average molecular weight is 406 g/mol. The predicted octanol–water partition coefficient (Wildman–Crippen LogP) is 3.72. The van der Waals surface area contributed by atoms with Gasteiger partial charge in [0.15, 0.2) is 0 Å². The van der Waals surface area contributed by atoms with E-state index in [0.717, 1.165) is 53.7 Å². The van der Waals surface area contributed by atoms with Gasteiger partial charge in [0, 0.05) is 18.5 Å². The monoisotopic (exact) mass is 405 g/mol. The van der Waals surface area contributed by atoms with Crippen molar-refractivity contribution in [1.82, 2.24) is 9.97 Å². The van der Waals surface area contributed by atoms with Gasteiger partial charge in [-0.1, -0.05) is 12.1 Å². The summed E-state index contributed by atoms with van der Waals surface area (Å²) in [5, 5.41) is 12.0. The molecule has 3 rings (SSSR count). The van der Waals surface area contributed by atoms with Gasteiger partial charge >= 0.3 is 5.97 Å². The highest BCUT2D eigenvalue weighted by molar-refractivity contribution is 9.10. The van der Waals surface area contributed by atoms with Gasteiger partial charge in [-0.15, -0.1) is 0 Å². The molecule has 1 aromatic carbocycles. The van der Waals surface area contributed by atoms with E-state index in [0.29, 0.717) is 12.1 Å². The standard InChI is InChI=1S/C18H20BrN3O3/c19-15-11-20-18(22-16(15)8-7-14-2-1-9-25-14)21-13-5-3-12(4-6-13)10-17(23)24/h3-6,11,14H,1-2,7-10H2,(H,23,24)(H,20,21,22). The van der Waals surface area contributed by atoms with Crippen LogP contribution in [0.2, 0.25) is 0 Å². The van der Waals surface area contributed by atoms with Crippen molar-refractivity contribution in [3.05, 3.63) is 46.2 Å². The molecular weight excluding hydrogens is 386 g/mol. The first-order chi connectivity index (χ1) is 12.1. The third-order valence-electron chi connectivity index (χ3n) is 4.11. The topological polar surface area (TPSA) is 84.3 Å². The Morgan fingerprint density at radius 2 is 2.16 bits per heavy atom. The van der Waals surface area contributed by atoms with Crippen LogP contribution in [0.5, 0.6) is 0 Å². The van der Waals surface area contributed by atoms with Crippen molar-refractivity contribution in [3.63, 3.8) is 0 Å². The van der Waals surface area contributed by atoms with Gasteiger partial charge in [0.25, 0.3) is 0 Å². The largest absolute Gasteiger partial charge is 0.481 e. The quantitative estimate of drug-likeness (QED) is 0.729. The molecule has 1 aliphatic heterocycles. The van der Waals surface area contributed by atoms with Crippen LogP contribution in [0.1, 0.15) is 30.5 Å². The lowest BCUT2D eigenvalue weighted by Crippen LogP contribution is -2.08. The number of nitrogens with zero attached hydrogens (tertiary/aromatic N) is 2. The van der Waals surface area contributed by atoms with Gasteiger partial charge in [-0.3, -0.25) is 4.79 Å². The Hall–Kier alpha value is -1.99. The van der Waals surface area contributed by atoms with Gasteiger partial charge in [0.05, 0.1) is 22.7 Å². The highest BCUT2D eigenvalue weighted by atomic mass is 79.9. The maximum absolute atomic E-state index is 10.7. The number of hydrogen-bond acceptors (Lipinski definition) is 5. The maximum Gasteiger partial charge on any atom is 0.307 e. The Bertz CT molecular complexity index is 731. The van der Waals surface area contributed by atoms with E-state index in [1.54, 1.807) is 18.3 Å². The van der Waals surface area contributed by atoms with E-state index >= 15 is 0 Å². The molecule has 1 saturated heterocycles. The summed E-state index contributed by atoms with van der Waals surface area (Å²) in [4.78, 5) is 19.6. The van der Waals surface area contributed by atoms with Crippen molar-refractivity contribution < 1.29 is 14.6 Å². The number of aliphatic carboxylic acids is 1. The van der Waals surface area contributed by atoms with Crippen molar-refractivity contribution in [2.75, 3.05) is 11.9 Å². The number of aromatic nitrogens is 2. The normalized spacial score (nSPS) is 16.8. The van der Waals surface area contributed by atoms with Crippen LogP contribution in [-0.4, -0.2) is 33.8 Å². The molecule has 0 saturated carbocycles. The Labute approximate surface area is 154 Å². The van der Waals surface area contributed by atoms with E-state index < -0.39 is 5.97 Å². The number of benzene rings is 1. The van der Waals surface area contributed by atoms with Crippen molar-refractivity contribution in [2.24, 2.45) is 0 Å². The van der Waals surface area contributed by atoms with E-state index in [2.05, 4.69) is 31.2 Å². The molecule has 0 bridgehead atoms. The summed E-state index contributed by atoms with van der Waals surface area (Å²) < 4.78 is 6.56. The number of ether oxygens (including phenoxy) is 1. The first-order valence-electron chi connectivity index (χ1n) is 8.31. The van der Waals surface area contributed by atoms with Crippen molar-refractivity contribution in [1.29, 1.82) is 0 Å². The van der Waals surface area contributed by atoms with Gasteiger partial charge in [-0.2, -0.15) is 0 Å². The van der Waals surface area contributed by atoms with Crippen molar-refractivity contribution >= 4 is 33.5 Å². The van der Waals surface area contributed by atoms with Crippen LogP contribution >= 0.6 is 15.9 Å². The highest BCUT2D eigenvalue weighted by Crippen LogP contribution is 2.22. The molecule has 1 aromatic heterocycles. The van der Waals surface area contributed by atoms with E-state index in [4.69, 9.17) is 9.84 Å². The predicted molar refractivity (Wildman–Crippen MR) is 98.1 cm³/mol. The Balaban J connectivity index is 1.63. The fourth-order valence-corrected chi connectivity index (χ4v) is 3.21. The van der Waals surface area contributed by atoms with E-state index in [-0.39, 0.29) is 6.42 Å². The fourth-order valence-electron chi connectivity index (χ4n) is 2.82. The van der Waals surface area contributed by atoms with Crippen LogP contribution in [0.15, 0.2) is 34.9 Å². The second kappa shape index (κ2) is 8.40. The molecule has 2 heterocycles. The maximum atomic E-state index is 10.7. The van der Waals surface area contributed by atoms with Gasteiger partial charge in [0.2, 0.25) is 5.95 Å². The lowest BCUT2D eigenvalue weighted by molar-refractivity contribution is -0.136. The van der Waals surface area contributed by atoms with E-state index in [9.17, 15) is 4.79 Å². The molecule has 1 atom stereocenters. The third-order valence-corrected chi connectivity index (χ3v) is 4.77. The zero-order valence-electron chi connectivity index (χ0n) is 13.7. The molecule has 25 heavy (non-hydrogen) atoms. The number of carbonyl (C=O) groups is 1. The molecule has 1 aliphatic rings. The molecule has 132 valence electrons. The second-order valence-corrected chi connectivity index (χ2v) is 6.91.